The summed E-state index contributed by atoms with van der Waals surface area (Å²) >= 11 is 11.7. The molecule has 0 heterocycles. The topological polar surface area (TPSA) is 80.4 Å². The molecule has 1 N–H and O–H groups in total. The molecule has 17 heavy (non-hydrogen) atoms. The van der Waals surface area contributed by atoms with E-state index in [0.717, 1.165) is 0 Å². The van der Waals surface area contributed by atoms with Gasteiger partial charge in [-0.1, -0.05) is 35.3 Å². The molecule has 0 radical (unpaired) electrons. The van der Waals surface area contributed by atoms with Gasteiger partial charge in [0, 0.05) is 18.1 Å². The molecule has 1 aromatic rings. The van der Waals surface area contributed by atoms with Gasteiger partial charge in [-0.15, -0.1) is 0 Å². The van der Waals surface area contributed by atoms with E-state index in [4.69, 9.17) is 28.3 Å². The van der Waals surface area contributed by atoms with Crippen LogP contribution in [0.15, 0.2) is 24.3 Å². The van der Waals surface area contributed by atoms with E-state index in [1.165, 1.54) is 24.3 Å². The molecule has 1 aromatic carbocycles. The van der Waals surface area contributed by atoms with Crippen molar-refractivity contribution in [2.75, 3.05) is 0 Å². The van der Waals surface area contributed by atoms with Gasteiger partial charge in [0.15, 0.2) is 0 Å². The van der Waals surface area contributed by atoms with Gasteiger partial charge >= 0.3 is 5.97 Å². The smallest absolute Gasteiger partial charge is 0.310 e. The van der Waals surface area contributed by atoms with Gasteiger partial charge in [-0.3, -0.25) is 14.9 Å². The second-order valence-corrected chi connectivity index (χ2v) is 5.26. The van der Waals surface area contributed by atoms with E-state index in [9.17, 15) is 14.9 Å². The molecule has 1 fully saturated rings. The lowest BCUT2D eigenvalue weighted by molar-refractivity contribution is -0.384. The average Bonchev–Trinajstić information content (AvgIpc) is 2.82. The van der Waals surface area contributed by atoms with E-state index in [0.29, 0.717) is 5.56 Å². The zero-order valence-electron chi connectivity index (χ0n) is 8.34. The summed E-state index contributed by atoms with van der Waals surface area (Å²) in [5.41, 5.74) is 0.531. The van der Waals surface area contributed by atoms with E-state index in [1.54, 1.807) is 0 Å². The van der Waals surface area contributed by atoms with Crippen molar-refractivity contribution in [1.29, 1.82) is 0 Å². The molecule has 0 aliphatic heterocycles. The maximum Gasteiger partial charge on any atom is 0.310 e. The second kappa shape index (κ2) is 3.85. The monoisotopic (exact) mass is 275 g/mol. The van der Waals surface area contributed by atoms with Gasteiger partial charge in [0.05, 0.1) is 10.8 Å². The fraction of sp³-hybridized carbons (Fsp3) is 0.300. The number of hydrogen-bond acceptors (Lipinski definition) is 3. The fourth-order valence-electron chi connectivity index (χ4n) is 1.85. The van der Waals surface area contributed by atoms with Crippen LogP contribution in [0, 0.1) is 16.0 Å². The molecule has 1 aliphatic rings. The molecule has 1 aliphatic carbocycles. The molecule has 5 nitrogen and oxygen atoms in total. The molecule has 0 spiro atoms. The van der Waals surface area contributed by atoms with Crippen LogP contribution in [0.2, 0.25) is 0 Å². The van der Waals surface area contributed by atoms with Gasteiger partial charge in [-0.2, -0.15) is 0 Å². The molecular weight excluding hydrogens is 269 g/mol. The highest BCUT2D eigenvalue weighted by atomic mass is 35.5. The van der Waals surface area contributed by atoms with Crippen molar-refractivity contribution in [3.05, 3.63) is 39.9 Å². The first-order valence-corrected chi connectivity index (χ1v) is 5.46. The highest BCUT2D eigenvalue weighted by Crippen LogP contribution is 2.64. The Morgan fingerprint density at radius 3 is 2.24 bits per heavy atom. The van der Waals surface area contributed by atoms with E-state index in [-0.39, 0.29) is 5.69 Å². The van der Waals surface area contributed by atoms with Gasteiger partial charge in [0.1, 0.15) is 4.33 Å². The van der Waals surface area contributed by atoms with Gasteiger partial charge < -0.3 is 5.11 Å². The van der Waals surface area contributed by atoms with Crippen LogP contribution >= 0.6 is 23.2 Å². The summed E-state index contributed by atoms with van der Waals surface area (Å²) in [6.07, 6.45) is 0. The summed E-state index contributed by atoms with van der Waals surface area (Å²) in [4.78, 5) is 20.8. The number of nitro groups is 1. The first-order chi connectivity index (χ1) is 7.85. The van der Waals surface area contributed by atoms with Crippen LogP contribution in [0.1, 0.15) is 11.5 Å². The Morgan fingerprint density at radius 1 is 1.35 bits per heavy atom. The van der Waals surface area contributed by atoms with Crippen LogP contribution < -0.4 is 0 Å². The number of carboxylic acid groups (broad SMARTS) is 1. The first-order valence-electron chi connectivity index (χ1n) is 4.70. The number of alkyl halides is 2. The minimum absolute atomic E-state index is 0.0592. The molecule has 7 heteroatoms. The summed E-state index contributed by atoms with van der Waals surface area (Å²) in [6.45, 7) is 0. The van der Waals surface area contributed by atoms with Gasteiger partial charge in [-0.05, 0) is 5.56 Å². The molecule has 2 unspecified atom stereocenters. The van der Waals surface area contributed by atoms with Gasteiger partial charge in [0.25, 0.3) is 5.69 Å². The van der Waals surface area contributed by atoms with Crippen LogP contribution in [-0.2, 0) is 4.79 Å². The number of rotatable bonds is 3. The summed E-state index contributed by atoms with van der Waals surface area (Å²) in [5, 5.41) is 19.3. The largest absolute Gasteiger partial charge is 0.481 e. The standard InChI is InChI=1S/C10H7Cl2NO4/c11-10(12)7(8(10)9(14)15)5-1-3-6(4-2-5)13(16)17/h1-4,7-8H,(H,14,15). The number of aliphatic carboxylic acids is 1. The third-order valence-electron chi connectivity index (χ3n) is 2.78. The zero-order chi connectivity index (χ0) is 12.8. The fourth-order valence-corrected chi connectivity index (χ4v) is 2.67. The minimum atomic E-state index is -1.33. The van der Waals surface area contributed by atoms with Crippen molar-refractivity contribution in [2.24, 2.45) is 5.92 Å². The first kappa shape index (κ1) is 12.1. The third kappa shape index (κ3) is 1.96. The van der Waals surface area contributed by atoms with Crippen LogP contribution in [-0.4, -0.2) is 20.3 Å². The van der Waals surface area contributed by atoms with Crippen molar-refractivity contribution in [2.45, 2.75) is 10.3 Å². The van der Waals surface area contributed by atoms with Crippen LogP contribution in [0.5, 0.6) is 0 Å². The van der Waals surface area contributed by atoms with Crippen LogP contribution in [0.3, 0.4) is 0 Å². The predicted octanol–water partition coefficient (Wildman–Crippen LogP) is 2.57. The summed E-state index contributed by atoms with van der Waals surface area (Å²) in [7, 11) is 0. The zero-order valence-corrected chi connectivity index (χ0v) is 9.85. The Balaban J connectivity index is 2.26. The number of carbonyl (C=O) groups is 1. The molecule has 0 aromatic heterocycles. The van der Waals surface area contributed by atoms with Crippen LogP contribution in [0.4, 0.5) is 5.69 Å². The van der Waals surface area contributed by atoms with Gasteiger partial charge in [-0.25, -0.2) is 0 Å². The highest BCUT2D eigenvalue weighted by molar-refractivity contribution is 6.53. The Bertz CT molecular complexity index is 486. The lowest BCUT2D eigenvalue weighted by Crippen LogP contribution is -2.03. The Kier molecular flexibility index (Phi) is 2.75. The summed E-state index contributed by atoms with van der Waals surface area (Å²) in [6, 6.07) is 5.56. The summed E-state index contributed by atoms with van der Waals surface area (Å²) < 4.78 is -1.33. The molecule has 1 saturated carbocycles. The number of benzene rings is 1. The van der Waals surface area contributed by atoms with E-state index in [1.807, 2.05) is 0 Å². The normalized spacial score (nSPS) is 25.3. The van der Waals surface area contributed by atoms with Crippen molar-refractivity contribution in [3.8, 4) is 0 Å². The van der Waals surface area contributed by atoms with Crippen molar-refractivity contribution in [1.82, 2.24) is 0 Å². The molecule has 0 amide bonds. The molecule has 0 bridgehead atoms. The van der Waals surface area contributed by atoms with E-state index >= 15 is 0 Å². The Hall–Kier alpha value is -1.33. The number of carboxylic acids is 1. The molecule has 2 atom stereocenters. The van der Waals surface area contributed by atoms with Crippen molar-refractivity contribution < 1.29 is 14.8 Å². The summed E-state index contributed by atoms with van der Waals surface area (Å²) in [5.74, 6) is -2.46. The Morgan fingerprint density at radius 2 is 1.88 bits per heavy atom. The van der Waals surface area contributed by atoms with E-state index in [2.05, 4.69) is 0 Å². The number of hydrogen-bond donors (Lipinski definition) is 1. The third-order valence-corrected chi connectivity index (χ3v) is 3.72. The lowest BCUT2D eigenvalue weighted by Gasteiger charge is -1.99. The second-order valence-electron chi connectivity index (χ2n) is 3.82. The molecule has 2 rings (SSSR count). The molecular formula is C10H7Cl2NO4. The Labute approximate surface area is 106 Å². The number of non-ortho nitro benzene ring substituents is 1. The maximum absolute atomic E-state index is 10.9. The quantitative estimate of drug-likeness (QED) is 0.522. The van der Waals surface area contributed by atoms with E-state index < -0.39 is 27.1 Å². The van der Waals surface area contributed by atoms with Crippen molar-refractivity contribution in [3.63, 3.8) is 0 Å². The van der Waals surface area contributed by atoms with Gasteiger partial charge in [0.2, 0.25) is 0 Å². The average molecular weight is 276 g/mol. The lowest BCUT2D eigenvalue weighted by atomic mass is 10.1. The highest BCUT2D eigenvalue weighted by Gasteiger charge is 2.68. The number of halogens is 2. The SMILES string of the molecule is O=C(O)C1C(c2ccc([N+](=O)[O-])cc2)C1(Cl)Cl. The predicted molar refractivity (Wildman–Crippen MR) is 61.4 cm³/mol. The number of nitro benzene ring substituents is 1. The number of nitrogens with zero attached hydrogens (tertiary/aromatic N) is 1. The van der Waals surface area contributed by atoms with Crippen molar-refractivity contribution >= 4 is 34.9 Å². The minimum Gasteiger partial charge on any atom is -0.481 e. The molecule has 0 saturated heterocycles. The molecule has 90 valence electrons. The van der Waals surface area contributed by atoms with Crippen LogP contribution in [0.25, 0.3) is 0 Å². The maximum atomic E-state index is 10.9.